The van der Waals surface area contributed by atoms with E-state index in [-0.39, 0.29) is 19.8 Å². The van der Waals surface area contributed by atoms with Crippen LogP contribution in [-0.4, -0.2) is 31.6 Å². The number of rotatable bonds is 5. The first-order valence-corrected chi connectivity index (χ1v) is 5.87. The molecule has 1 aromatic carbocycles. The summed E-state index contributed by atoms with van der Waals surface area (Å²) in [7, 11) is 1.49. The molecule has 0 fully saturated rings. The third kappa shape index (κ3) is 5.95. The molecule has 3 nitrogen and oxygen atoms in total. The third-order valence-electron chi connectivity index (χ3n) is 2.36. The Labute approximate surface area is 115 Å². The zero-order valence-corrected chi connectivity index (χ0v) is 11.0. The van der Waals surface area contributed by atoms with Gasteiger partial charge in [0.25, 0.3) is 0 Å². The van der Waals surface area contributed by atoms with Crippen LogP contribution in [0.2, 0.25) is 0 Å². The number of methoxy groups -OCH3 is 1. The van der Waals surface area contributed by atoms with Crippen LogP contribution in [0.4, 0.5) is 13.2 Å². The van der Waals surface area contributed by atoms with Gasteiger partial charge in [-0.2, -0.15) is 13.2 Å². The minimum Gasteiger partial charge on any atom is -0.495 e. The SMILES string of the molecule is COc1ccc(COCCC(F)(F)F)cc1C#CCO. The summed E-state index contributed by atoms with van der Waals surface area (Å²) in [6.45, 7) is -0.601. The van der Waals surface area contributed by atoms with E-state index in [2.05, 4.69) is 11.8 Å². The van der Waals surface area contributed by atoms with E-state index in [9.17, 15) is 13.2 Å². The zero-order chi connectivity index (χ0) is 15.0. The molecular formula is C14H15F3O3. The third-order valence-corrected chi connectivity index (χ3v) is 2.36. The predicted molar refractivity (Wildman–Crippen MR) is 67.3 cm³/mol. The van der Waals surface area contributed by atoms with E-state index < -0.39 is 12.6 Å². The van der Waals surface area contributed by atoms with Gasteiger partial charge >= 0.3 is 6.18 Å². The smallest absolute Gasteiger partial charge is 0.391 e. The second-order valence-electron chi connectivity index (χ2n) is 3.91. The summed E-state index contributed by atoms with van der Waals surface area (Å²) in [5, 5.41) is 8.66. The van der Waals surface area contributed by atoms with Crippen LogP contribution in [0.1, 0.15) is 17.5 Å². The maximum absolute atomic E-state index is 11.9. The average Bonchev–Trinajstić information content (AvgIpc) is 2.40. The maximum Gasteiger partial charge on any atom is 0.391 e. The molecule has 0 heterocycles. The standard InChI is InChI=1S/C14H15F3O3/c1-19-13-5-4-11(9-12(13)3-2-7-18)10-20-8-6-14(15,16)17/h4-5,9,18H,6-8,10H2,1H3. The van der Waals surface area contributed by atoms with Gasteiger partial charge in [0.1, 0.15) is 12.4 Å². The molecule has 1 aromatic rings. The first kappa shape index (κ1) is 16.3. The first-order valence-electron chi connectivity index (χ1n) is 5.87. The second kappa shape index (κ2) is 7.78. The minimum absolute atomic E-state index is 0.0634. The normalized spacial score (nSPS) is 10.8. The van der Waals surface area contributed by atoms with Crippen LogP contribution >= 0.6 is 0 Å². The lowest BCUT2D eigenvalue weighted by Crippen LogP contribution is -2.11. The summed E-state index contributed by atoms with van der Waals surface area (Å²) in [5.41, 5.74) is 1.24. The summed E-state index contributed by atoms with van der Waals surface area (Å²) < 4.78 is 45.9. The largest absolute Gasteiger partial charge is 0.495 e. The summed E-state index contributed by atoms with van der Waals surface area (Å²) in [6.07, 6.45) is -5.18. The number of hydrogen-bond acceptors (Lipinski definition) is 3. The van der Waals surface area contributed by atoms with Crippen LogP contribution < -0.4 is 4.74 Å². The van der Waals surface area contributed by atoms with E-state index in [1.165, 1.54) is 7.11 Å². The quantitative estimate of drug-likeness (QED) is 0.668. The number of benzene rings is 1. The fourth-order valence-electron chi connectivity index (χ4n) is 1.46. The van der Waals surface area contributed by atoms with Gasteiger partial charge < -0.3 is 14.6 Å². The van der Waals surface area contributed by atoms with Crippen LogP contribution in [0.3, 0.4) is 0 Å². The summed E-state index contributed by atoms with van der Waals surface area (Å²) in [5.74, 6) is 5.73. The number of aliphatic hydroxyl groups is 1. The van der Waals surface area contributed by atoms with Crippen LogP contribution in [0.25, 0.3) is 0 Å². The van der Waals surface area contributed by atoms with Crippen molar-refractivity contribution in [2.45, 2.75) is 19.2 Å². The van der Waals surface area contributed by atoms with Crippen molar-refractivity contribution >= 4 is 0 Å². The van der Waals surface area contributed by atoms with Crippen LogP contribution in [0, 0.1) is 11.8 Å². The van der Waals surface area contributed by atoms with Gasteiger partial charge in [0.2, 0.25) is 0 Å². The average molecular weight is 288 g/mol. The molecule has 1 rings (SSSR count). The molecule has 0 aliphatic rings. The Morgan fingerprint density at radius 3 is 2.65 bits per heavy atom. The highest BCUT2D eigenvalue weighted by Gasteiger charge is 2.26. The molecule has 0 atom stereocenters. The van der Waals surface area contributed by atoms with Gasteiger partial charge in [0.15, 0.2) is 0 Å². The Balaban J connectivity index is 2.63. The Kier molecular flexibility index (Phi) is 6.36. The van der Waals surface area contributed by atoms with Gasteiger partial charge in [0, 0.05) is 0 Å². The number of aliphatic hydroxyl groups excluding tert-OH is 1. The van der Waals surface area contributed by atoms with Gasteiger partial charge in [-0.05, 0) is 17.7 Å². The molecule has 6 heteroatoms. The molecule has 0 saturated carbocycles. The number of hydrogen-bond donors (Lipinski definition) is 1. The van der Waals surface area contributed by atoms with Gasteiger partial charge in [0.05, 0.1) is 32.3 Å². The Bertz CT molecular complexity index is 487. The monoisotopic (exact) mass is 288 g/mol. The van der Waals surface area contributed by atoms with Gasteiger partial charge in [-0.25, -0.2) is 0 Å². The van der Waals surface area contributed by atoms with Crippen LogP contribution in [0.15, 0.2) is 18.2 Å². The lowest BCUT2D eigenvalue weighted by Gasteiger charge is -2.09. The number of halogens is 3. The molecule has 0 unspecified atom stereocenters. The minimum atomic E-state index is -4.21. The molecular weight excluding hydrogens is 273 g/mol. The highest BCUT2D eigenvalue weighted by molar-refractivity contribution is 5.48. The maximum atomic E-state index is 11.9. The van der Waals surface area contributed by atoms with Crippen molar-refractivity contribution in [3.05, 3.63) is 29.3 Å². The molecule has 0 saturated heterocycles. The van der Waals surface area contributed by atoms with Crippen molar-refractivity contribution in [3.8, 4) is 17.6 Å². The molecule has 110 valence electrons. The molecule has 20 heavy (non-hydrogen) atoms. The van der Waals surface area contributed by atoms with Gasteiger partial charge in [-0.1, -0.05) is 17.9 Å². The predicted octanol–water partition coefficient (Wildman–Crippen LogP) is 2.51. The number of alkyl halides is 3. The van der Waals surface area contributed by atoms with E-state index in [4.69, 9.17) is 14.6 Å². The zero-order valence-electron chi connectivity index (χ0n) is 11.0. The van der Waals surface area contributed by atoms with Crippen LogP contribution in [-0.2, 0) is 11.3 Å². The van der Waals surface area contributed by atoms with E-state index in [0.29, 0.717) is 16.9 Å². The summed E-state index contributed by atoms with van der Waals surface area (Å²) in [4.78, 5) is 0. The number of ether oxygens (including phenoxy) is 2. The van der Waals surface area contributed by atoms with E-state index in [1.807, 2.05) is 0 Å². The topological polar surface area (TPSA) is 38.7 Å². The molecule has 0 bridgehead atoms. The molecule has 1 N–H and O–H groups in total. The summed E-state index contributed by atoms with van der Waals surface area (Å²) in [6, 6.07) is 5.01. The molecule has 0 aliphatic heterocycles. The Hall–Kier alpha value is -1.71. The molecule has 0 spiro atoms. The molecule has 0 aliphatic carbocycles. The van der Waals surface area contributed by atoms with Crippen molar-refractivity contribution in [1.29, 1.82) is 0 Å². The molecule has 0 radical (unpaired) electrons. The van der Waals surface area contributed by atoms with Crippen LogP contribution in [0.5, 0.6) is 5.75 Å². The highest BCUT2D eigenvalue weighted by Crippen LogP contribution is 2.21. The van der Waals surface area contributed by atoms with Gasteiger partial charge in [-0.3, -0.25) is 0 Å². The van der Waals surface area contributed by atoms with Crippen molar-refractivity contribution in [3.63, 3.8) is 0 Å². The lowest BCUT2D eigenvalue weighted by molar-refractivity contribution is -0.146. The Morgan fingerprint density at radius 1 is 1.30 bits per heavy atom. The molecule has 0 amide bonds. The van der Waals surface area contributed by atoms with Crippen molar-refractivity contribution < 1.29 is 27.8 Å². The fraction of sp³-hybridized carbons (Fsp3) is 0.429. The van der Waals surface area contributed by atoms with Gasteiger partial charge in [-0.15, -0.1) is 0 Å². The van der Waals surface area contributed by atoms with E-state index in [1.54, 1.807) is 18.2 Å². The van der Waals surface area contributed by atoms with Crippen molar-refractivity contribution in [2.24, 2.45) is 0 Å². The van der Waals surface area contributed by atoms with E-state index >= 15 is 0 Å². The molecule has 0 aromatic heterocycles. The Morgan fingerprint density at radius 2 is 2.05 bits per heavy atom. The summed E-state index contributed by atoms with van der Waals surface area (Å²) >= 11 is 0. The van der Waals surface area contributed by atoms with Crippen molar-refractivity contribution in [2.75, 3.05) is 20.3 Å². The lowest BCUT2D eigenvalue weighted by atomic mass is 10.1. The first-order chi connectivity index (χ1) is 9.46. The highest BCUT2D eigenvalue weighted by atomic mass is 19.4. The second-order valence-corrected chi connectivity index (χ2v) is 3.91. The van der Waals surface area contributed by atoms with Crippen molar-refractivity contribution in [1.82, 2.24) is 0 Å². The van der Waals surface area contributed by atoms with E-state index in [0.717, 1.165) is 0 Å². The fourth-order valence-corrected chi connectivity index (χ4v) is 1.46.